The van der Waals surface area contributed by atoms with Crippen LogP contribution in [0.5, 0.6) is 0 Å². The van der Waals surface area contributed by atoms with Crippen LogP contribution in [0.1, 0.15) is 38.7 Å². The number of nitrogens with one attached hydrogen (secondary N) is 1. The first-order valence-corrected chi connectivity index (χ1v) is 8.17. The van der Waals surface area contributed by atoms with Gasteiger partial charge in [-0.3, -0.25) is 15.0 Å². The number of likely N-dealkylation sites (tertiary alicyclic amines) is 1. The van der Waals surface area contributed by atoms with Gasteiger partial charge in [-0.25, -0.2) is 0 Å². The second kappa shape index (κ2) is 7.93. The molecule has 0 radical (unpaired) electrons. The molecule has 6 nitrogen and oxygen atoms in total. The van der Waals surface area contributed by atoms with Crippen molar-refractivity contribution in [2.75, 3.05) is 25.0 Å². The predicted molar refractivity (Wildman–Crippen MR) is 90.4 cm³/mol. The van der Waals surface area contributed by atoms with Gasteiger partial charge in [-0.05, 0) is 44.3 Å². The van der Waals surface area contributed by atoms with Crippen LogP contribution in [0.25, 0.3) is 0 Å². The molecule has 0 aromatic heterocycles. The van der Waals surface area contributed by atoms with Crippen LogP contribution in [0, 0.1) is 27.4 Å². The minimum Gasteiger partial charge on any atom is -0.382 e. The van der Waals surface area contributed by atoms with Gasteiger partial charge < -0.3 is 5.32 Å². The average Bonchev–Trinajstić information content (AvgIpc) is 3.05. The second-order valence-electron chi connectivity index (χ2n) is 6.51. The van der Waals surface area contributed by atoms with Gasteiger partial charge in [0.15, 0.2) is 0 Å². The summed E-state index contributed by atoms with van der Waals surface area (Å²) in [6.07, 6.45) is 3.59. The van der Waals surface area contributed by atoms with Crippen molar-refractivity contribution in [2.45, 2.75) is 39.2 Å². The Bertz CT molecular complexity index is 589. The van der Waals surface area contributed by atoms with Gasteiger partial charge in [0, 0.05) is 24.7 Å². The molecule has 124 valence electrons. The predicted octanol–water partition coefficient (Wildman–Crippen LogP) is 3.39. The Labute approximate surface area is 137 Å². The summed E-state index contributed by atoms with van der Waals surface area (Å²) in [7, 11) is 0. The largest absolute Gasteiger partial charge is 0.382 e. The first kappa shape index (κ1) is 17.2. The Morgan fingerprint density at radius 2 is 2.09 bits per heavy atom. The molecule has 0 saturated carbocycles. The number of nitrogens with zero attached hydrogens (tertiary/aromatic N) is 3. The quantitative estimate of drug-likeness (QED) is 0.616. The fourth-order valence-electron chi connectivity index (χ4n) is 3.13. The third kappa shape index (κ3) is 4.67. The second-order valence-corrected chi connectivity index (χ2v) is 6.51. The summed E-state index contributed by atoms with van der Waals surface area (Å²) >= 11 is 0. The van der Waals surface area contributed by atoms with E-state index in [1.54, 1.807) is 6.07 Å². The zero-order valence-corrected chi connectivity index (χ0v) is 13.8. The van der Waals surface area contributed by atoms with Crippen molar-refractivity contribution in [3.63, 3.8) is 0 Å². The molecular formula is C17H24N4O2. The Morgan fingerprint density at radius 1 is 1.39 bits per heavy atom. The number of benzene rings is 1. The summed E-state index contributed by atoms with van der Waals surface area (Å²) in [5, 5.41) is 23.4. The van der Waals surface area contributed by atoms with Crippen molar-refractivity contribution in [1.82, 2.24) is 4.90 Å². The van der Waals surface area contributed by atoms with Crippen molar-refractivity contribution in [2.24, 2.45) is 5.92 Å². The number of nitro benzene ring substituents is 1. The standard InChI is InChI=1S/C17H24N4O2/c1-13(2)9-16(20-7-3-4-8-20)12-19-17-6-5-15(21(22)23)10-14(17)11-18/h5-6,10,13,16,19H,3-4,7-9,12H2,1-2H3/t16-/m1/s1. The molecule has 0 aliphatic carbocycles. The lowest BCUT2D eigenvalue weighted by Crippen LogP contribution is -2.39. The van der Waals surface area contributed by atoms with Crippen molar-refractivity contribution in [3.05, 3.63) is 33.9 Å². The maximum atomic E-state index is 10.8. The minimum absolute atomic E-state index is 0.0506. The molecular weight excluding hydrogens is 292 g/mol. The van der Waals surface area contributed by atoms with Crippen molar-refractivity contribution >= 4 is 11.4 Å². The molecule has 1 aliphatic heterocycles. The molecule has 0 spiro atoms. The van der Waals surface area contributed by atoms with E-state index in [2.05, 4.69) is 24.1 Å². The summed E-state index contributed by atoms with van der Waals surface area (Å²) in [5.41, 5.74) is 0.945. The van der Waals surface area contributed by atoms with Gasteiger partial charge in [-0.15, -0.1) is 0 Å². The van der Waals surface area contributed by atoms with Crippen LogP contribution in [0.4, 0.5) is 11.4 Å². The number of nitriles is 1. The van der Waals surface area contributed by atoms with E-state index in [9.17, 15) is 15.4 Å². The smallest absolute Gasteiger partial charge is 0.270 e. The summed E-state index contributed by atoms with van der Waals surface area (Å²) in [6.45, 7) is 7.45. The molecule has 0 unspecified atom stereocenters. The monoisotopic (exact) mass is 316 g/mol. The van der Waals surface area contributed by atoms with E-state index in [-0.39, 0.29) is 5.69 Å². The van der Waals surface area contributed by atoms with Gasteiger partial charge in [0.2, 0.25) is 0 Å². The lowest BCUT2D eigenvalue weighted by atomic mass is 10.0. The molecule has 1 aromatic carbocycles. The lowest BCUT2D eigenvalue weighted by molar-refractivity contribution is -0.384. The maximum absolute atomic E-state index is 10.8. The van der Waals surface area contributed by atoms with Gasteiger partial charge in [-0.1, -0.05) is 13.8 Å². The Kier molecular flexibility index (Phi) is 5.94. The average molecular weight is 316 g/mol. The van der Waals surface area contributed by atoms with Crippen LogP contribution in [-0.4, -0.2) is 35.5 Å². The van der Waals surface area contributed by atoms with E-state index in [0.717, 1.165) is 26.1 Å². The van der Waals surface area contributed by atoms with Crippen LogP contribution in [0.3, 0.4) is 0 Å². The Balaban J connectivity index is 2.07. The fraction of sp³-hybridized carbons (Fsp3) is 0.588. The summed E-state index contributed by atoms with van der Waals surface area (Å²) in [5.74, 6) is 0.606. The van der Waals surface area contributed by atoms with Crippen molar-refractivity contribution in [3.8, 4) is 6.07 Å². The summed E-state index contributed by atoms with van der Waals surface area (Å²) < 4.78 is 0. The van der Waals surface area contributed by atoms with Gasteiger partial charge in [-0.2, -0.15) is 5.26 Å². The zero-order chi connectivity index (χ0) is 16.8. The highest BCUT2D eigenvalue weighted by molar-refractivity contribution is 5.61. The van der Waals surface area contributed by atoms with E-state index in [1.165, 1.54) is 25.0 Å². The molecule has 1 atom stereocenters. The third-order valence-electron chi connectivity index (χ3n) is 4.26. The molecule has 1 heterocycles. The minimum atomic E-state index is -0.476. The van der Waals surface area contributed by atoms with Crippen LogP contribution in [0.2, 0.25) is 0 Å². The SMILES string of the molecule is CC(C)C[C@H](CNc1ccc([N+](=O)[O-])cc1C#N)N1CCCC1. The maximum Gasteiger partial charge on any atom is 0.270 e. The fourth-order valence-corrected chi connectivity index (χ4v) is 3.13. The lowest BCUT2D eigenvalue weighted by Gasteiger charge is -2.29. The molecule has 23 heavy (non-hydrogen) atoms. The van der Waals surface area contributed by atoms with Crippen molar-refractivity contribution < 1.29 is 4.92 Å². The first-order valence-electron chi connectivity index (χ1n) is 8.17. The number of nitro groups is 1. The molecule has 1 aliphatic rings. The number of hydrogen-bond acceptors (Lipinski definition) is 5. The van der Waals surface area contributed by atoms with E-state index in [4.69, 9.17) is 0 Å². The molecule has 1 aromatic rings. The molecule has 2 rings (SSSR count). The molecule has 0 bridgehead atoms. The molecule has 0 amide bonds. The van der Waals surface area contributed by atoms with E-state index >= 15 is 0 Å². The molecule has 6 heteroatoms. The van der Waals surface area contributed by atoms with E-state index in [1.807, 2.05) is 6.07 Å². The zero-order valence-electron chi connectivity index (χ0n) is 13.8. The normalized spacial score (nSPS) is 16.3. The highest BCUT2D eigenvalue weighted by Crippen LogP contribution is 2.23. The van der Waals surface area contributed by atoms with Crippen LogP contribution in [0.15, 0.2) is 18.2 Å². The first-order chi connectivity index (χ1) is 11.0. The number of anilines is 1. The van der Waals surface area contributed by atoms with Crippen molar-refractivity contribution in [1.29, 1.82) is 5.26 Å². The number of rotatable bonds is 7. The summed E-state index contributed by atoms with van der Waals surface area (Å²) in [6, 6.07) is 6.88. The topological polar surface area (TPSA) is 82.2 Å². The van der Waals surface area contributed by atoms with E-state index < -0.39 is 4.92 Å². The number of hydrogen-bond donors (Lipinski definition) is 1. The van der Waals surface area contributed by atoms with Gasteiger partial charge in [0.25, 0.3) is 5.69 Å². The van der Waals surface area contributed by atoms with Gasteiger partial charge in [0.05, 0.1) is 16.2 Å². The molecule has 1 fully saturated rings. The van der Waals surface area contributed by atoms with Crippen LogP contribution in [-0.2, 0) is 0 Å². The van der Waals surface area contributed by atoms with Crippen LogP contribution >= 0.6 is 0 Å². The Hall–Kier alpha value is -2.13. The van der Waals surface area contributed by atoms with Crippen LogP contribution < -0.4 is 5.32 Å². The molecule has 1 saturated heterocycles. The highest BCUT2D eigenvalue weighted by Gasteiger charge is 2.23. The van der Waals surface area contributed by atoms with Gasteiger partial charge >= 0.3 is 0 Å². The summed E-state index contributed by atoms with van der Waals surface area (Å²) in [4.78, 5) is 12.8. The van der Waals surface area contributed by atoms with E-state index in [0.29, 0.717) is 23.2 Å². The van der Waals surface area contributed by atoms with Gasteiger partial charge in [0.1, 0.15) is 6.07 Å². The third-order valence-corrected chi connectivity index (χ3v) is 4.26. The number of non-ortho nitro benzene ring substituents is 1. The highest BCUT2D eigenvalue weighted by atomic mass is 16.6. The Morgan fingerprint density at radius 3 is 2.65 bits per heavy atom. The molecule has 1 N–H and O–H groups in total.